The van der Waals surface area contributed by atoms with Gasteiger partial charge < -0.3 is 0 Å². The molecule has 0 radical (unpaired) electrons. The Morgan fingerprint density at radius 3 is 2.56 bits per heavy atom. The average Bonchev–Trinajstić information content (AvgIpc) is 3.29. The van der Waals surface area contributed by atoms with Crippen LogP contribution in [0.5, 0.6) is 0 Å². The van der Waals surface area contributed by atoms with Gasteiger partial charge >= 0.3 is 0 Å². The maximum Gasteiger partial charge on any atom is 0.269 e. The van der Waals surface area contributed by atoms with Gasteiger partial charge in [0.2, 0.25) is 4.80 Å². The predicted molar refractivity (Wildman–Crippen MR) is 112 cm³/mol. The molecule has 138 valence electrons. The molecule has 0 atom stereocenters. The van der Waals surface area contributed by atoms with Crippen molar-refractivity contribution in [2.24, 2.45) is 10.1 Å². The fourth-order valence-electron chi connectivity index (χ4n) is 2.33. The number of non-ortho nitro benzene ring substituents is 1. The fourth-order valence-corrected chi connectivity index (χ4v) is 3.96. The molecular formula is C19H18N4O2S2. The van der Waals surface area contributed by atoms with E-state index in [-0.39, 0.29) is 5.69 Å². The SMILES string of the molecule is C=C(C)CN=c1scc(-c2cccs2)n1N=C(C)c1ccc([N+](=O)[O-])cc1. The van der Waals surface area contributed by atoms with Crippen molar-refractivity contribution in [1.29, 1.82) is 0 Å². The van der Waals surface area contributed by atoms with Crippen LogP contribution in [0.1, 0.15) is 19.4 Å². The van der Waals surface area contributed by atoms with E-state index in [1.807, 2.05) is 41.4 Å². The van der Waals surface area contributed by atoms with Crippen LogP contribution in [0.25, 0.3) is 10.6 Å². The van der Waals surface area contributed by atoms with Crippen LogP contribution in [0.3, 0.4) is 0 Å². The Balaban J connectivity index is 2.06. The monoisotopic (exact) mass is 398 g/mol. The minimum Gasteiger partial charge on any atom is -0.258 e. The molecule has 0 saturated carbocycles. The highest BCUT2D eigenvalue weighted by atomic mass is 32.1. The van der Waals surface area contributed by atoms with Crippen LogP contribution in [-0.2, 0) is 0 Å². The van der Waals surface area contributed by atoms with Crippen molar-refractivity contribution in [3.8, 4) is 10.6 Å². The summed E-state index contributed by atoms with van der Waals surface area (Å²) in [7, 11) is 0. The van der Waals surface area contributed by atoms with E-state index in [0.717, 1.165) is 32.2 Å². The number of nitro benzene ring substituents is 1. The van der Waals surface area contributed by atoms with Crippen LogP contribution in [0.2, 0.25) is 0 Å². The quantitative estimate of drug-likeness (QED) is 0.255. The molecule has 0 aliphatic carbocycles. The number of aromatic nitrogens is 1. The molecule has 0 unspecified atom stereocenters. The van der Waals surface area contributed by atoms with Gasteiger partial charge in [0.05, 0.1) is 27.8 Å². The molecular weight excluding hydrogens is 380 g/mol. The summed E-state index contributed by atoms with van der Waals surface area (Å²) in [5.41, 5.74) is 3.58. The number of benzene rings is 1. The number of nitro groups is 1. The third-order valence-electron chi connectivity index (χ3n) is 3.69. The molecule has 27 heavy (non-hydrogen) atoms. The molecule has 0 N–H and O–H groups in total. The zero-order valence-electron chi connectivity index (χ0n) is 15.0. The van der Waals surface area contributed by atoms with Crippen molar-refractivity contribution < 1.29 is 4.92 Å². The van der Waals surface area contributed by atoms with Crippen LogP contribution < -0.4 is 4.80 Å². The lowest BCUT2D eigenvalue weighted by Crippen LogP contribution is -2.14. The third kappa shape index (κ3) is 4.47. The van der Waals surface area contributed by atoms with Gasteiger partial charge in [0, 0.05) is 17.5 Å². The maximum absolute atomic E-state index is 10.8. The largest absolute Gasteiger partial charge is 0.269 e. The maximum atomic E-state index is 10.8. The summed E-state index contributed by atoms with van der Waals surface area (Å²) in [4.78, 5) is 16.9. The van der Waals surface area contributed by atoms with Crippen molar-refractivity contribution in [2.45, 2.75) is 13.8 Å². The van der Waals surface area contributed by atoms with Gasteiger partial charge in [-0.3, -0.25) is 15.1 Å². The Morgan fingerprint density at radius 1 is 1.22 bits per heavy atom. The molecule has 2 aromatic heterocycles. The molecule has 0 bridgehead atoms. The van der Waals surface area contributed by atoms with Crippen LogP contribution in [0, 0.1) is 10.1 Å². The minimum atomic E-state index is -0.409. The van der Waals surface area contributed by atoms with Gasteiger partial charge in [-0.2, -0.15) is 5.10 Å². The van der Waals surface area contributed by atoms with Crippen molar-refractivity contribution >= 4 is 34.1 Å². The van der Waals surface area contributed by atoms with Gasteiger partial charge in [0.1, 0.15) is 0 Å². The Labute approximate surface area is 164 Å². The van der Waals surface area contributed by atoms with Crippen molar-refractivity contribution in [3.05, 3.63) is 79.8 Å². The average molecular weight is 399 g/mol. The summed E-state index contributed by atoms with van der Waals surface area (Å²) < 4.78 is 1.83. The number of hydrogen-bond donors (Lipinski definition) is 0. The van der Waals surface area contributed by atoms with Crippen LogP contribution in [0.4, 0.5) is 5.69 Å². The molecule has 0 aliphatic heterocycles. The number of rotatable bonds is 6. The second kappa shape index (κ2) is 8.24. The molecule has 0 fully saturated rings. The Morgan fingerprint density at radius 2 is 1.96 bits per heavy atom. The zero-order chi connectivity index (χ0) is 19.4. The molecule has 0 saturated heterocycles. The highest BCUT2D eigenvalue weighted by Crippen LogP contribution is 2.25. The molecule has 0 spiro atoms. The Hall–Kier alpha value is -2.84. The summed E-state index contributed by atoms with van der Waals surface area (Å²) >= 11 is 3.16. The number of thiophene rings is 1. The number of thiazole rings is 1. The molecule has 0 aliphatic rings. The van der Waals surface area contributed by atoms with E-state index < -0.39 is 4.92 Å². The van der Waals surface area contributed by atoms with Crippen molar-refractivity contribution in [1.82, 2.24) is 4.68 Å². The van der Waals surface area contributed by atoms with Gasteiger partial charge in [-0.05, 0) is 43.0 Å². The summed E-state index contributed by atoms with van der Waals surface area (Å²) in [6.45, 7) is 8.26. The second-order valence-corrected chi connectivity index (χ2v) is 7.74. The molecule has 8 heteroatoms. The zero-order valence-corrected chi connectivity index (χ0v) is 16.6. The molecule has 3 rings (SSSR count). The standard InChI is InChI=1S/C19H18N4O2S2/c1-13(2)11-20-19-22(17(12-27-19)18-5-4-10-26-18)21-14(3)15-6-8-16(9-7-15)23(24)25/h4-10,12H,1,11H2,2-3H3. The van der Waals surface area contributed by atoms with E-state index in [4.69, 9.17) is 5.10 Å². The first-order valence-corrected chi connectivity index (χ1v) is 9.91. The van der Waals surface area contributed by atoms with E-state index in [0.29, 0.717) is 6.54 Å². The Bertz CT molecular complexity index is 1060. The minimum absolute atomic E-state index is 0.0613. The fraction of sp³-hybridized carbons (Fsp3) is 0.158. The topological polar surface area (TPSA) is 72.8 Å². The predicted octanol–water partition coefficient (Wildman–Crippen LogP) is 4.94. The van der Waals surface area contributed by atoms with Crippen molar-refractivity contribution in [3.63, 3.8) is 0 Å². The lowest BCUT2D eigenvalue weighted by Gasteiger charge is -2.05. The van der Waals surface area contributed by atoms with Crippen LogP contribution in [0.15, 0.2) is 69.4 Å². The summed E-state index contributed by atoms with van der Waals surface area (Å²) in [6.07, 6.45) is 0. The molecule has 2 heterocycles. The van der Waals surface area contributed by atoms with E-state index in [1.165, 1.54) is 23.5 Å². The molecule has 0 amide bonds. The first-order chi connectivity index (χ1) is 13.0. The highest BCUT2D eigenvalue weighted by Gasteiger charge is 2.10. The van der Waals surface area contributed by atoms with Crippen molar-refractivity contribution in [2.75, 3.05) is 6.54 Å². The molecule has 1 aromatic carbocycles. The summed E-state index contributed by atoms with van der Waals surface area (Å²) in [5.74, 6) is 0. The highest BCUT2D eigenvalue weighted by molar-refractivity contribution is 7.14. The lowest BCUT2D eigenvalue weighted by molar-refractivity contribution is -0.384. The molecule has 6 nitrogen and oxygen atoms in total. The van der Waals surface area contributed by atoms with E-state index >= 15 is 0 Å². The lowest BCUT2D eigenvalue weighted by atomic mass is 10.1. The van der Waals surface area contributed by atoms with Gasteiger partial charge in [-0.1, -0.05) is 18.2 Å². The molecule has 3 aromatic rings. The van der Waals surface area contributed by atoms with E-state index in [2.05, 4.69) is 11.6 Å². The van der Waals surface area contributed by atoms with E-state index in [9.17, 15) is 10.1 Å². The first-order valence-electron chi connectivity index (χ1n) is 8.15. The first kappa shape index (κ1) is 18.9. The van der Waals surface area contributed by atoms with E-state index in [1.54, 1.807) is 23.5 Å². The smallest absolute Gasteiger partial charge is 0.258 e. The van der Waals surface area contributed by atoms with Gasteiger partial charge in [0.25, 0.3) is 5.69 Å². The Kier molecular flexibility index (Phi) is 5.78. The summed E-state index contributed by atoms with van der Waals surface area (Å²) in [5, 5.41) is 19.7. The third-order valence-corrected chi connectivity index (χ3v) is 5.44. The number of nitrogens with zero attached hydrogens (tertiary/aromatic N) is 4. The van der Waals surface area contributed by atoms with Gasteiger partial charge in [0.15, 0.2) is 0 Å². The number of hydrogen-bond acceptors (Lipinski definition) is 6. The second-order valence-electron chi connectivity index (χ2n) is 5.96. The summed E-state index contributed by atoms with van der Waals surface area (Å²) in [6, 6.07) is 10.4. The van der Waals surface area contributed by atoms with Gasteiger partial charge in [-0.25, -0.2) is 4.68 Å². The van der Waals surface area contributed by atoms with Crippen LogP contribution >= 0.6 is 22.7 Å². The van der Waals surface area contributed by atoms with Gasteiger partial charge in [-0.15, -0.1) is 22.7 Å². The normalized spacial score (nSPS) is 12.4. The van der Waals surface area contributed by atoms with Crippen LogP contribution in [-0.4, -0.2) is 21.9 Å².